The Labute approximate surface area is 179 Å². The Balaban J connectivity index is 1.94. The van der Waals surface area contributed by atoms with Crippen molar-refractivity contribution in [1.29, 1.82) is 0 Å². The SMILES string of the molecule is CCN1CC[C@@H](c2ccc(F)c(F)c2OC)C(C(=O)Nc2ccnc(S(N)(=O)=O)c2)C1. The molecule has 1 aliphatic heterocycles. The van der Waals surface area contributed by atoms with Crippen LogP contribution in [0.3, 0.4) is 0 Å². The molecule has 0 radical (unpaired) electrons. The van der Waals surface area contributed by atoms with Crippen molar-refractivity contribution in [2.75, 3.05) is 32.1 Å². The predicted molar refractivity (Wildman–Crippen MR) is 110 cm³/mol. The first-order valence-electron chi connectivity index (χ1n) is 9.69. The number of aromatic nitrogens is 1. The first-order chi connectivity index (χ1) is 14.7. The van der Waals surface area contributed by atoms with Crippen molar-refractivity contribution in [2.24, 2.45) is 11.1 Å². The van der Waals surface area contributed by atoms with E-state index in [-0.39, 0.29) is 22.4 Å². The van der Waals surface area contributed by atoms with Gasteiger partial charge in [0.1, 0.15) is 0 Å². The molecule has 1 amide bonds. The van der Waals surface area contributed by atoms with Crippen LogP contribution in [0.4, 0.5) is 14.5 Å². The third-order valence-corrected chi connectivity index (χ3v) is 6.27. The Morgan fingerprint density at radius 3 is 2.74 bits per heavy atom. The smallest absolute Gasteiger partial charge is 0.255 e. The van der Waals surface area contributed by atoms with E-state index in [1.54, 1.807) is 0 Å². The lowest BCUT2D eigenvalue weighted by atomic mass is 9.79. The first-order valence-corrected chi connectivity index (χ1v) is 11.2. The lowest BCUT2D eigenvalue weighted by Gasteiger charge is -2.38. The monoisotopic (exact) mass is 454 g/mol. The van der Waals surface area contributed by atoms with Crippen LogP contribution in [0.5, 0.6) is 5.75 Å². The number of hydrogen-bond acceptors (Lipinski definition) is 6. The third-order valence-electron chi connectivity index (χ3n) is 5.46. The normalized spacial score (nSPS) is 19.8. The van der Waals surface area contributed by atoms with Crippen LogP contribution in [0.2, 0.25) is 0 Å². The molecule has 2 atom stereocenters. The zero-order chi connectivity index (χ0) is 22.8. The molecule has 3 N–H and O–H groups in total. The van der Waals surface area contributed by atoms with Crippen molar-refractivity contribution in [1.82, 2.24) is 9.88 Å². The number of halogens is 2. The van der Waals surface area contributed by atoms with Crippen LogP contribution in [0.15, 0.2) is 35.5 Å². The summed E-state index contributed by atoms with van der Waals surface area (Å²) < 4.78 is 56.2. The van der Waals surface area contributed by atoms with Gasteiger partial charge in [-0.15, -0.1) is 0 Å². The van der Waals surface area contributed by atoms with E-state index in [1.807, 2.05) is 6.92 Å². The molecule has 1 unspecified atom stereocenters. The Morgan fingerprint density at radius 1 is 1.35 bits per heavy atom. The Hall–Kier alpha value is -2.63. The first kappa shape index (κ1) is 23.0. The molecule has 31 heavy (non-hydrogen) atoms. The predicted octanol–water partition coefficient (Wildman–Crippen LogP) is 2.08. The number of benzene rings is 1. The molecule has 3 rings (SSSR count). The number of piperidine rings is 1. The molecule has 1 aromatic heterocycles. The maximum Gasteiger partial charge on any atom is 0.255 e. The largest absolute Gasteiger partial charge is 0.493 e. The molecule has 11 heteroatoms. The highest BCUT2D eigenvalue weighted by Crippen LogP contribution is 2.40. The van der Waals surface area contributed by atoms with Crippen molar-refractivity contribution in [3.05, 3.63) is 47.7 Å². The Bertz CT molecular complexity index is 1080. The summed E-state index contributed by atoms with van der Waals surface area (Å²) in [4.78, 5) is 18.9. The van der Waals surface area contributed by atoms with E-state index < -0.39 is 33.5 Å². The summed E-state index contributed by atoms with van der Waals surface area (Å²) in [5.41, 5.74) is 0.630. The molecule has 2 heterocycles. The number of anilines is 1. The molecule has 1 fully saturated rings. The molecule has 1 saturated heterocycles. The molecular formula is C20H24F2N4O4S. The second-order valence-electron chi connectivity index (χ2n) is 7.30. The maximum absolute atomic E-state index is 14.3. The van der Waals surface area contributed by atoms with Gasteiger partial charge in [-0.1, -0.05) is 13.0 Å². The molecule has 1 aromatic carbocycles. The average Bonchev–Trinajstić information content (AvgIpc) is 2.74. The number of nitrogens with two attached hydrogens (primary N) is 1. The van der Waals surface area contributed by atoms with Gasteiger partial charge in [0.25, 0.3) is 10.0 Å². The summed E-state index contributed by atoms with van der Waals surface area (Å²) >= 11 is 0. The minimum absolute atomic E-state index is 0.215. The fraction of sp³-hybridized carbons (Fsp3) is 0.400. The molecule has 0 saturated carbocycles. The molecule has 0 aliphatic carbocycles. The van der Waals surface area contributed by atoms with E-state index in [0.29, 0.717) is 25.1 Å². The summed E-state index contributed by atoms with van der Waals surface area (Å²) in [6, 6.07) is 5.08. The molecule has 8 nitrogen and oxygen atoms in total. The summed E-state index contributed by atoms with van der Waals surface area (Å²) in [6.45, 7) is 3.76. The summed E-state index contributed by atoms with van der Waals surface area (Å²) in [5.74, 6) is -3.76. The minimum atomic E-state index is -4.03. The standard InChI is InChI=1S/C20H24F2N4O4S/c1-3-26-9-7-13(14-4-5-16(21)18(22)19(14)30-2)15(11-26)20(27)25-12-6-8-24-17(10-12)31(23,28)29/h4-6,8,10,13,15H,3,7,9,11H2,1-2H3,(H2,23,28,29)(H,24,25,27)/t13-,15?/m0/s1. The number of carbonyl (C=O) groups is 1. The van der Waals surface area contributed by atoms with E-state index in [1.165, 1.54) is 31.5 Å². The highest BCUT2D eigenvalue weighted by molar-refractivity contribution is 7.89. The minimum Gasteiger partial charge on any atom is -0.493 e. The van der Waals surface area contributed by atoms with Gasteiger partial charge in [-0.2, -0.15) is 4.39 Å². The molecule has 0 spiro atoms. The van der Waals surface area contributed by atoms with Gasteiger partial charge >= 0.3 is 0 Å². The van der Waals surface area contributed by atoms with Crippen LogP contribution < -0.4 is 15.2 Å². The van der Waals surface area contributed by atoms with Gasteiger partial charge in [-0.25, -0.2) is 22.9 Å². The topological polar surface area (TPSA) is 115 Å². The summed E-state index contributed by atoms with van der Waals surface area (Å²) in [5, 5.41) is 7.43. The second-order valence-corrected chi connectivity index (χ2v) is 8.80. The van der Waals surface area contributed by atoms with Crippen LogP contribution >= 0.6 is 0 Å². The van der Waals surface area contributed by atoms with Crippen molar-refractivity contribution in [3.63, 3.8) is 0 Å². The van der Waals surface area contributed by atoms with Gasteiger partial charge in [-0.05, 0) is 31.6 Å². The van der Waals surface area contributed by atoms with Gasteiger partial charge in [0.2, 0.25) is 11.7 Å². The van der Waals surface area contributed by atoms with E-state index >= 15 is 0 Å². The van der Waals surface area contributed by atoms with Crippen LogP contribution in [-0.4, -0.2) is 51.0 Å². The lowest BCUT2D eigenvalue weighted by molar-refractivity contribution is -0.122. The van der Waals surface area contributed by atoms with Gasteiger partial charge in [0, 0.05) is 36.0 Å². The number of hydrogen-bond donors (Lipinski definition) is 2. The van der Waals surface area contributed by atoms with Crippen molar-refractivity contribution < 1.29 is 26.7 Å². The number of pyridine rings is 1. The molecule has 2 aromatic rings. The van der Waals surface area contributed by atoms with Gasteiger partial charge < -0.3 is 15.0 Å². The number of likely N-dealkylation sites (tertiary alicyclic amines) is 1. The summed E-state index contributed by atoms with van der Waals surface area (Å²) in [6.07, 6.45) is 1.76. The number of sulfonamides is 1. The fourth-order valence-corrected chi connectivity index (χ4v) is 4.37. The maximum atomic E-state index is 14.3. The van der Waals surface area contributed by atoms with E-state index in [2.05, 4.69) is 15.2 Å². The number of nitrogens with zero attached hydrogens (tertiary/aromatic N) is 2. The van der Waals surface area contributed by atoms with Crippen LogP contribution in [0.25, 0.3) is 0 Å². The highest BCUT2D eigenvalue weighted by Gasteiger charge is 2.37. The highest BCUT2D eigenvalue weighted by atomic mass is 32.2. The zero-order valence-electron chi connectivity index (χ0n) is 17.1. The number of amides is 1. The van der Waals surface area contributed by atoms with E-state index in [4.69, 9.17) is 9.88 Å². The Morgan fingerprint density at radius 2 is 2.10 bits per heavy atom. The quantitative estimate of drug-likeness (QED) is 0.691. The second kappa shape index (κ2) is 9.25. The Kier molecular flexibility index (Phi) is 6.87. The number of rotatable bonds is 6. The fourth-order valence-electron chi connectivity index (χ4n) is 3.87. The van der Waals surface area contributed by atoms with Crippen LogP contribution in [-0.2, 0) is 14.8 Å². The van der Waals surface area contributed by atoms with E-state index in [0.717, 1.165) is 12.6 Å². The zero-order valence-corrected chi connectivity index (χ0v) is 18.0. The molecule has 168 valence electrons. The van der Waals surface area contributed by atoms with Gasteiger partial charge in [0.15, 0.2) is 16.6 Å². The number of methoxy groups -OCH3 is 1. The average molecular weight is 454 g/mol. The van der Waals surface area contributed by atoms with Gasteiger partial charge in [-0.3, -0.25) is 4.79 Å². The van der Waals surface area contributed by atoms with Crippen molar-refractivity contribution >= 4 is 21.6 Å². The molecular weight excluding hydrogens is 430 g/mol. The van der Waals surface area contributed by atoms with Crippen molar-refractivity contribution in [2.45, 2.75) is 24.3 Å². The molecule has 0 bridgehead atoms. The van der Waals surface area contributed by atoms with Crippen LogP contribution in [0, 0.1) is 17.6 Å². The number of carbonyl (C=O) groups excluding carboxylic acids is 1. The number of ether oxygens (including phenoxy) is 1. The van der Waals surface area contributed by atoms with E-state index in [9.17, 15) is 22.0 Å². The number of nitrogens with one attached hydrogen (secondary N) is 1. The lowest BCUT2D eigenvalue weighted by Crippen LogP contribution is -2.44. The van der Waals surface area contributed by atoms with Crippen LogP contribution in [0.1, 0.15) is 24.8 Å². The van der Waals surface area contributed by atoms with Gasteiger partial charge in [0.05, 0.1) is 13.0 Å². The number of primary sulfonamides is 1. The third kappa shape index (κ3) is 5.00. The summed E-state index contributed by atoms with van der Waals surface area (Å²) in [7, 11) is -2.78. The molecule has 1 aliphatic rings. The van der Waals surface area contributed by atoms with Crippen molar-refractivity contribution in [3.8, 4) is 5.75 Å².